The monoisotopic (exact) mass is 418 g/mol. The Morgan fingerprint density at radius 2 is 2.19 bits per heavy atom. The van der Waals surface area contributed by atoms with E-state index in [1.165, 1.54) is 0 Å². The van der Waals surface area contributed by atoms with Gasteiger partial charge in [-0.15, -0.1) is 0 Å². The first-order valence-electron chi connectivity index (χ1n) is 10.3. The number of aryl methyl sites for hydroxylation is 2. The van der Waals surface area contributed by atoms with Crippen LogP contribution in [0.2, 0.25) is 0 Å². The molecule has 0 radical (unpaired) electrons. The van der Waals surface area contributed by atoms with E-state index in [2.05, 4.69) is 15.6 Å². The molecule has 1 aromatic carbocycles. The maximum Gasteiger partial charge on any atom is 0.246 e. The highest BCUT2D eigenvalue weighted by Crippen LogP contribution is 2.26. The Balaban J connectivity index is 1.46. The Labute approximate surface area is 181 Å². The molecule has 1 atom stereocenters. The van der Waals surface area contributed by atoms with Crippen LogP contribution in [0.25, 0.3) is 17.0 Å². The Bertz CT molecular complexity index is 1160. The van der Waals surface area contributed by atoms with Gasteiger partial charge in [-0.1, -0.05) is 18.2 Å². The molecular formula is C24H26N4O3. The van der Waals surface area contributed by atoms with Crippen LogP contribution < -0.4 is 10.6 Å². The van der Waals surface area contributed by atoms with E-state index in [0.29, 0.717) is 18.8 Å². The molecule has 0 saturated heterocycles. The van der Waals surface area contributed by atoms with Gasteiger partial charge in [0.15, 0.2) is 0 Å². The molecule has 1 unspecified atom stereocenters. The number of amides is 2. The molecule has 3 aromatic rings. The summed E-state index contributed by atoms with van der Waals surface area (Å²) in [6, 6.07) is 9.58. The summed E-state index contributed by atoms with van der Waals surface area (Å²) < 4.78 is 5.80. The zero-order valence-corrected chi connectivity index (χ0v) is 17.9. The van der Waals surface area contributed by atoms with Gasteiger partial charge in [0.2, 0.25) is 11.8 Å². The van der Waals surface area contributed by atoms with Gasteiger partial charge in [-0.2, -0.15) is 0 Å². The number of nitrogens with one attached hydrogen (secondary N) is 2. The fourth-order valence-corrected chi connectivity index (χ4v) is 3.86. The largest absolute Gasteiger partial charge is 0.461 e. The lowest BCUT2D eigenvalue weighted by Gasteiger charge is -2.15. The van der Waals surface area contributed by atoms with E-state index in [1.54, 1.807) is 37.3 Å². The molecule has 2 aromatic heterocycles. The average Bonchev–Trinajstić information content (AvgIpc) is 2.98. The molecule has 31 heavy (non-hydrogen) atoms. The van der Waals surface area contributed by atoms with Crippen LogP contribution in [0.5, 0.6) is 0 Å². The smallest absolute Gasteiger partial charge is 0.246 e. The first-order chi connectivity index (χ1) is 15.0. The highest BCUT2D eigenvalue weighted by atomic mass is 16.3. The number of aromatic nitrogens is 1. The molecule has 2 amide bonds. The van der Waals surface area contributed by atoms with Crippen molar-refractivity contribution in [1.29, 1.82) is 0 Å². The van der Waals surface area contributed by atoms with Crippen LogP contribution in [0, 0.1) is 6.92 Å². The first kappa shape index (κ1) is 20.8. The Morgan fingerprint density at radius 1 is 1.39 bits per heavy atom. The van der Waals surface area contributed by atoms with E-state index in [4.69, 9.17) is 4.42 Å². The summed E-state index contributed by atoms with van der Waals surface area (Å²) in [5, 5.41) is 6.90. The fraction of sp³-hybridized carbons (Fsp3) is 0.292. The van der Waals surface area contributed by atoms with E-state index in [1.807, 2.05) is 37.3 Å². The van der Waals surface area contributed by atoms with Crippen LogP contribution in [0.1, 0.15) is 28.9 Å². The van der Waals surface area contributed by atoms with E-state index < -0.39 is 0 Å². The van der Waals surface area contributed by atoms with Gasteiger partial charge >= 0.3 is 0 Å². The van der Waals surface area contributed by atoms with E-state index >= 15 is 0 Å². The number of carbonyl (C=O) groups is 2. The van der Waals surface area contributed by atoms with Crippen LogP contribution in [0.4, 0.5) is 5.82 Å². The fourth-order valence-electron chi connectivity index (χ4n) is 3.86. The van der Waals surface area contributed by atoms with Crippen molar-refractivity contribution in [3.63, 3.8) is 0 Å². The summed E-state index contributed by atoms with van der Waals surface area (Å²) in [5.41, 5.74) is 3.63. The maximum atomic E-state index is 12.7. The molecule has 1 aliphatic heterocycles. The number of carbonyl (C=O) groups excluding carboxylic acids is 2. The average molecular weight is 418 g/mol. The molecule has 4 rings (SSSR count). The number of hydrogen-bond acceptors (Lipinski definition) is 5. The summed E-state index contributed by atoms with van der Waals surface area (Å²) in [7, 11) is 3.55. The van der Waals surface area contributed by atoms with Crippen molar-refractivity contribution >= 4 is 34.7 Å². The minimum absolute atomic E-state index is 0.0732. The van der Waals surface area contributed by atoms with E-state index in [-0.39, 0.29) is 17.9 Å². The van der Waals surface area contributed by atoms with Gasteiger partial charge in [-0.05, 0) is 56.1 Å². The zero-order valence-electron chi connectivity index (χ0n) is 17.9. The van der Waals surface area contributed by atoms with Crippen molar-refractivity contribution in [2.75, 3.05) is 19.4 Å². The standard InChI is InChI=1S/C24H26N4O3/c1-15-19(18-6-4-5-7-21(18)31-15)14-28(3)22(29)11-8-16-12-17-9-10-20(25-2)24(30)27-23(17)26-13-16/h4-8,11-13,20,25H,9-10,14H2,1-3H3,(H,26,27,30)/b11-8+. The molecule has 1 aliphatic rings. The predicted octanol–water partition coefficient (Wildman–Crippen LogP) is 3.28. The number of likely N-dealkylation sites (N-methyl/N-ethyl adjacent to an activating group) is 2. The summed E-state index contributed by atoms with van der Waals surface area (Å²) in [5.74, 6) is 1.23. The predicted molar refractivity (Wildman–Crippen MR) is 120 cm³/mol. The molecule has 0 spiro atoms. The van der Waals surface area contributed by atoms with Crippen LogP contribution in [-0.2, 0) is 22.6 Å². The highest BCUT2D eigenvalue weighted by Gasteiger charge is 2.22. The normalized spacial score (nSPS) is 16.2. The SMILES string of the molecule is CNC1CCc2cc(/C=C/C(=O)N(C)Cc3c(C)oc4ccccc34)cnc2NC1=O. The van der Waals surface area contributed by atoms with Crippen LogP contribution >= 0.6 is 0 Å². The number of furan rings is 1. The summed E-state index contributed by atoms with van der Waals surface area (Å²) in [6.45, 7) is 2.38. The van der Waals surface area contributed by atoms with Crippen LogP contribution in [0.15, 0.2) is 47.0 Å². The number of benzene rings is 1. The second-order valence-electron chi connectivity index (χ2n) is 7.81. The number of anilines is 1. The van der Waals surface area contributed by atoms with E-state index in [0.717, 1.165) is 39.8 Å². The van der Waals surface area contributed by atoms with Crippen molar-refractivity contribution in [1.82, 2.24) is 15.2 Å². The van der Waals surface area contributed by atoms with Crippen molar-refractivity contribution in [3.05, 3.63) is 65.1 Å². The van der Waals surface area contributed by atoms with Gasteiger partial charge in [0.1, 0.15) is 17.2 Å². The number of nitrogens with zero attached hydrogens (tertiary/aromatic N) is 2. The second kappa shape index (κ2) is 8.73. The molecular weight excluding hydrogens is 392 g/mol. The lowest BCUT2D eigenvalue weighted by atomic mass is 10.1. The minimum Gasteiger partial charge on any atom is -0.461 e. The van der Waals surface area contributed by atoms with Gasteiger partial charge < -0.3 is 20.0 Å². The molecule has 0 fully saturated rings. The molecule has 3 heterocycles. The van der Waals surface area contributed by atoms with Crippen LogP contribution in [0.3, 0.4) is 0 Å². The second-order valence-corrected chi connectivity index (χ2v) is 7.81. The van der Waals surface area contributed by atoms with Crippen molar-refractivity contribution < 1.29 is 14.0 Å². The lowest BCUT2D eigenvalue weighted by molar-refractivity contribution is -0.125. The third-order valence-corrected chi connectivity index (χ3v) is 5.69. The van der Waals surface area contributed by atoms with Crippen molar-refractivity contribution in [2.45, 2.75) is 32.4 Å². The third-order valence-electron chi connectivity index (χ3n) is 5.69. The number of fused-ring (bicyclic) bond motifs is 2. The van der Waals surface area contributed by atoms with Crippen molar-refractivity contribution in [3.8, 4) is 0 Å². The topological polar surface area (TPSA) is 87.5 Å². The number of rotatable bonds is 5. The summed E-state index contributed by atoms with van der Waals surface area (Å²) in [4.78, 5) is 30.9. The van der Waals surface area contributed by atoms with E-state index in [9.17, 15) is 9.59 Å². The molecule has 7 heteroatoms. The van der Waals surface area contributed by atoms with Crippen molar-refractivity contribution in [2.24, 2.45) is 0 Å². The van der Waals surface area contributed by atoms with Gasteiger partial charge in [0, 0.05) is 36.8 Å². The zero-order chi connectivity index (χ0) is 22.0. The highest BCUT2D eigenvalue weighted by molar-refractivity contribution is 5.96. The third kappa shape index (κ3) is 4.36. The number of pyridine rings is 1. The molecule has 0 aliphatic carbocycles. The summed E-state index contributed by atoms with van der Waals surface area (Å²) in [6.07, 6.45) is 6.40. The Morgan fingerprint density at radius 3 is 3.00 bits per heavy atom. The summed E-state index contributed by atoms with van der Waals surface area (Å²) >= 11 is 0. The Hall–Kier alpha value is -3.45. The molecule has 2 N–H and O–H groups in total. The number of hydrogen-bond donors (Lipinski definition) is 2. The van der Waals surface area contributed by atoms with Crippen LogP contribution in [-0.4, -0.2) is 41.8 Å². The molecule has 0 saturated carbocycles. The van der Waals surface area contributed by atoms with Gasteiger partial charge in [0.05, 0.1) is 6.04 Å². The molecule has 7 nitrogen and oxygen atoms in total. The van der Waals surface area contributed by atoms with Gasteiger partial charge in [-0.3, -0.25) is 9.59 Å². The Kier molecular flexibility index (Phi) is 5.86. The lowest BCUT2D eigenvalue weighted by Crippen LogP contribution is -2.37. The number of para-hydroxylation sites is 1. The maximum absolute atomic E-state index is 12.7. The minimum atomic E-state index is -0.231. The quantitative estimate of drug-likeness (QED) is 0.621. The molecule has 0 bridgehead atoms. The first-order valence-corrected chi connectivity index (χ1v) is 10.3. The van der Waals surface area contributed by atoms with Gasteiger partial charge in [-0.25, -0.2) is 4.98 Å². The molecule has 160 valence electrons. The van der Waals surface area contributed by atoms with Gasteiger partial charge in [0.25, 0.3) is 0 Å².